The first-order chi connectivity index (χ1) is 10.2. The van der Waals surface area contributed by atoms with Gasteiger partial charge < -0.3 is 20.1 Å². The first-order valence-corrected chi connectivity index (χ1v) is 7.15. The predicted octanol–water partition coefficient (Wildman–Crippen LogP) is 2.75. The molecule has 1 atom stereocenters. The highest BCUT2D eigenvalue weighted by molar-refractivity contribution is 5.75. The molecule has 1 unspecified atom stereocenters. The molecule has 21 heavy (non-hydrogen) atoms. The normalized spacial score (nSPS) is 16.0. The molecule has 1 aliphatic rings. The SMILES string of the molecule is COc1ccc(C(C)NC(=O)NC=C2CCOCC2)cc1. The summed E-state index contributed by atoms with van der Waals surface area (Å²) in [6, 6.07) is 7.40. The van der Waals surface area contributed by atoms with Crippen LogP contribution in [0.1, 0.15) is 31.4 Å². The van der Waals surface area contributed by atoms with Gasteiger partial charge in [0.05, 0.1) is 26.4 Å². The summed E-state index contributed by atoms with van der Waals surface area (Å²) in [5.41, 5.74) is 2.25. The smallest absolute Gasteiger partial charge is 0.319 e. The van der Waals surface area contributed by atoms with Crippen molar-refractivity contribution in [3.63, 3.8) is 0 Å². The Morgan fingerprint density at radius 3 is 2.57 bits per heavy atom. The van der Waals surface area contributed by atoms with Crippen LogP contribution in [0.2, 0.25) is 0 Å². The van der Waals surface area contributed by atoms with Gasteiger partial charge in [0.2, 0.25) is 0 Å². The molecule has 5 heteroatoms. The Kier molecular flexibility index (Phi) is 5.63. The number of ether oxygens (including phenoxy) is 2. The van der Waals surface area contributed by atoms with Crippen molar-refractivity contribution in [1.29, 1.82) is 0 Å². The summed E-state index contributed by atoms with van der Waals surface area (Å²) >= 11 is 0. The maximum absolute atomic E-state index is 11.9. The maximum atomic E-state index is 11.9. The summed E-state index contributed by atoms with van der Waals surface area (Å²) in [6.07, 6.45) is 3.56. The number of hydrogen-bond acceptors (Lipinski definition) is 3. The second-order valence-corrected chi connectivity index (χ2v) is 5.03. The fourth-order valence-corrected chi connectivity index (χ4v) is 2.16. The average Bonchev–Trinajstić information content (AvgIpc) is 2.54. The van der Waals surface area contributed by atoms with Gasteiger partial charge in [0.1, 0.15) is 5.75 Å². The zero-order chi connectivity index (χ0) is 15.1. The van der Waals surface area contributed by atoms with Crippen LogP contribution in [0.25, 0.3) is 0 Å². The standard InChI is InChI=1S/C16H22N2O3/c1-12(14-3-5-15(20-2)6-4-14)18-16(19)17-11-13-7-9-21-10-8-13/h3-6,11-12H,7-10H2,1-2H3,(H2,17,18,19). The Balaban J connectivity index is 1.83. The molecule has 1 aliphatic heterocycles. The molecule has 0 bridgehead atoms. The molecule has 2 amide bonds. The number of nitrogens with one attached hydrogen (secondary N) is 2. The predicted molar refractivity (Wildman–Crippen MR) is 81.2 cm³/mol. The second kappa shape index (κ2) is 7.69. The van der Waals surface area contributed by atoms with Crippen molar-refractivity contribution in [3.8, 4) is 5.75 Å². The maximum Gasteiger partial charge on any atom is 0.319 e. The fourth-order valence-electron chi connectivity index (χ4n) is 2.16. The summed E-state index contributed by atoms with van der Waals surface area (Å²) in [7, 11) is 1.63. The van der Waals surface area contributed by atoms with E-state index in [2.05, 4.69) is 10.6 Å². The van der Waals surface area contributed by atoms with Gasteiger partial charge in [-0.15, -0.1) is 0 Å². The molecule has 2 rings (SSSR count). The highest BCUT2D eigenvalue weighted by Crippen LogP contribution is 2.17. The van der Waals surface area contributed by atoms with Crippen LogP contribution in [0.15, 0.2) is 36.0 Å². The van der Waals surface area contributed by atoms with Crippen molar-refractivity contribution >= 4 is 6.03 Å². The van der Waals surface area contributed by atoms with E-state index in [1.54, 1.807) is 13.3 Å². The zero-order valence-corrected chi connectivity index (χ0v) is 12.5. The number of urea groups is 1. The summed E-state index contributed by atoms with van der Waals surface area (Å²) in [5.74, 6) is 0.805. The highest BCUT2D eigenvalue weighted by Gasteiger charge is 2.10. The molecule has 1 aromatic rings. The van der Waals surface area contributed by atoms with E-state index < -0.39 is 0 Å². The number of hydrogen-bond donors (Lipinski definition) is 2. The van der Waals surface area contributed by atoms with Gasteiger partial charge in [0.25, 0.3) is 0 Å². The number of carbonyl (C=O) groups excluding carboxylic acids is 1. The minimum absolute atomic E-state index is 0.0657. The summed E-state index contributed by atoms with van der Waals surface area (Å²) in [5, 5.41) is 5.69. The highest BCUT2D eigenvalue weighted by atomic mass is 16.5. The second-order valence-electron chi connectivity index (χ2n) is 5.03. The Bertz CT molecular complexity index is 489. The molecule has 2 N–H and O–H groups in total. The molecule has 1 aromatic carbocycles. The molecule has 5 nitrogen and oxygen atoms in total. The van der Waals surface area contributed by atoms with E-state index >= 15 is 0 Å². The molecule has 1 saturated heterocycles. The monoisotopic (exact) mass is 290 g/mol. The number of benzene rings is 1. The lowest BCUT2D eigenvalue weighted by Gasteiger charge is -2.16. The van der Waals surface area contributed by atoms with E-state index in [9.17, 15) is 4.79 Å². The fraction of sp³-hybridized carbons (Fsp3) is 0.438. The van der Waals surface area contributed by atoms with E-state index in [4.69, 9.17) is 9.47 Å². The van der Waals surface area contributed by atoms with Crippen LogP contribution >= 0.6 is 0 Å². The van der Waals surface area contributed by atoms with Gasteiger partial charge in [-0.05, 0) is 43.0 Å². The van der Waals surface area contributed by atoms with Crippen molar-refractivity contribution in [2.45, 2.75) is 25.8 Å². The summed E-state index contributed by atoms with van der Waals surface area (Å²) < 4.78 is 10.4. The molecule has 0 spiro atoms. The van der Waals surface area contributed by atoms with Gasteiger partial charge in [-0.2, -0.15) is 0 Å². The number of methoxy groups -OCH3 is 1. The molecular weight excluding hydrogens is 268 g/mol. The molecule has 1 fully saturated rings. The Morgan fingerprint density at radius 1 is 1.29 bits per heavy atom. The third kappa shape index (κ3) is 4.79. The van der Waals surface area contributed by atoms with E-state index in [-0.39, 0.29) is 12.1 Å². The number of rotatable bonds is 4. The van der Waals surface area contributed by atoms with Crippen LogP contribution in [0, 0.1) is 0 Å². The lowest BCUT2D eigenvalue weighted by atomic mass is 10.1. The molecular formula is C16H22N2O3. The first kappa shape index (κ1) is 15.4. The largest absolute Gasteiger partial charge is 0.497 e. The van der Waals surface area contributed by atoms with E-state index in [0.29, 0.717) is 0 Å². The zero-order valence-electron chi connectivity index (χ0n) is 12.5. The van der Waals surface area contributed by atoms with Gasteiger partial charge in [0.15, 0.2) is 0 Å². The quantitative estimate of drug-likeness (QED) is 0.896. The Morgan fingerprint density at radius 2 is 1.95 bits per heavy atom. The van der Waals surface area contributed by atoms with E-state index in [0.717, 1.165) is 37.4 Å². The third-order valence-electron chi connectivity index (χ3n) is 3.51. The van der Waals surface area contributed by atoms with Gasteiger partial charge in [-0.25, -0.2) is 4.79 Å². The van der Waals surface area contributed by atoms with Crippen molar-refractivity contribution in [3.05, 3.63) is 41.6 Å². The number of amides is 2. The number of carbonyl (C=O) groups is 1. The average molecular weight is 290 g/mol. The molecule has 0 aliphatic carbocycles. The lowest BCUT2D eigenvalue weighted by molar-refractivity contribution is 0.119. The van der Waals surface area contributed by atoms with Crippen molar-refractivity contribution in [1.82, 2.24) is 10.6 Å². The minimum atomic E-state index is -0.197. The molecule has 1 heterocycles. The third-order valence-corrected chi connectivity index (χ3v) is 3.51. The van der Waals surface area contributed by atoms with Gasteiger partial charge in [-0.1, -0.05) is 12.1 Å². The van der Waals surface area contributed by atoms with Gasteiger partial charge in [0, 0.05) is 6.20 Å². The van der Waals surface area contributed by atoms with Crippen molar-refractivity contribution < 1.29 is 14.3 Å². The molecule has 114 valence electrons. The van der Waals surface area contributed by atoms with Crippen LogP contribution in [-0.4, -0.2) is 26.4 Å². The molecule has 0 saturated carbocycles. The molecule has 0 radical (unpaired) electrons. The van der Waals surface area contributed by atoms with Gasteiger partial charge >= 0.3 is 6.03 Å². The van der Waals surface area contributed by atoms with Crippen LogP contribution in [0.5, 0.6) is 5.75 Å². The Labute approximate surface area is 125 Å². The topological polar surface area (TPSA) is 59.6 Å². The summed E-state index contributed by atoms with van der Waals surface area (Å²) in [6.45, 7) is 3.41. The van der Waals surface area contributed by atoms with Crippen LogP contribution in [-0.2, 0) is 4.74 Å². The van der Waals surface area contributed by atoms with Crippen molar-refractivity contribution in [2.75, 3.05) is 20.3 Å². The van der Waals surface area contributed by atoms with Crippen LogP contribution in [0.3, 0.4) is 0 Å². The van der Waals surface area contributed by atoms with Crippen molar-refractivity contribution in [2.24, 2.45) is 0 Å². The summed E-state index contributed by atoms with van der Waals surface area (Å²) in [4.78, 5) is 11.9. The van der Waals surface area contributed by atoms with E-state index in [1.165, 1.54) is 5.57 Å². The first-order valence-electron chi connectivity index (χ1n) is 7.15. The van der Waals surface area contributed by atoms with Crippen LogP contribution in [0.4, 0.5) is 4.79 Å². The lowest BCUT2D eigenvalue weighted by Crippen LogP contribution is -2.34. The van der Waals surface area contributed by atoms with Gasteiger partial charge in [-0.3, -0.25) is 0 Å². The minimum Gasteiger partial charge on any atom is -0.497 e. The van der Waals surface area contributed by atoms with Crippen LogP contribution < -0.4 is 15.4 Å². The van der Waals surface area contributed by atoms with E-state index in [1.807, 2.05) is 31.2 Å². The Hall–Kier alpha value is -2.01. The molecule has 0 aromatic heterocycles.